The Morgan fingerprint density at radius 3 is 2.67 bits per heavy atom. The zero-order valence-electron chi connectivity index (χ0n) is 9.70. The average Bonchev–Trinajstić information content (AvgIpc) is 2.35. The van der Waals surface area contributed by atoms with Crippen molar-refractivity contribution in [1.29, 1.82) is 0 Å². The van der Waals surface area contributed by atoms with E-state index >= 15 is 0 Å². The molecule has 0 saturated heterocycles. The molecule has 0 amide bonds. The molecule has 0 aliphatic carbocycles. The lowest BCUT2D eigenvalue weighted by molar-refractivity contribution is 0.436. The summed E-state index contributed by atoms with van der Waals surface area (Å²) in [5.41, 5.74) is 6.45. The summed E-state index contributed by atoms with van der Waals surface area (Å²) in [7, 11) is 0. The topological polar surface area (TPSA) is 35.2 Å². The Hall–Kier alpha value is -1.94. The van der Waals surface area contributed by atoms with Crippen LogP contribution in [-0.2, 0) is 6.42 Å². The van der Waals surface area contributed by atoms with Crippen molar-refractivity contribution in [2.24, 2.45) is 5.73 Å². The molecule has 0 fully saturated rings. The van der Waals surface area contributed by atoms with E-state index in [9.17, 15) is 8.78 Å². The van der Waals surface area contributed by atoms with E-state index in [4.69, 9.17) is 10.5 Å². The number of halogens is 2. The second-order valence-corrected chi connectivity index (χ2v) is 3.86. The molecule has 0 aliphatic rings. The van der Waals surface area contributed by atoms with E-state index in [0.717, 1.165) is 23.8 Å². The Morgan fingerprint density at radius 1 is 1.06 bits per heavy atom. The quantitative estimate of drug-likeness (QED) is 0.902. The van der Waals surface area contributed by atoms with Crippen LogP contribution >= 0.6 is 0 Å². The van der Waals surface area contributed by atoms with Crippen molar-refractivity contribution in [2.45, 2.75) is 6.42 Å². The zero-order chi connectivity index (χ0) is 13.0. The van der Waals surface area contributed by atoms with Crippen molar-refractivity contribution in [3.63, 3.8) is 0 Å². The van der Waals surface area contributed by atoms with Gasteiger partial charge in [0.05, 0.1) is 0 Å². The monoisotopic (exact) mass is 249 g/mol. The fourth-order valence-electron chi connectivity index (χ4n) is 1.61. The summed E-state index contributed by atoms with van der Waals surface area (Å²) in [6.07, 6.45) is 0.711. The molecule has 2 rings (SSSR count). The van der Waals surface area contributed by atoms with Crippen molar-refractivity contribution < 1.29 is 13.5 Å². The summed E-state index contributed by atoms with van der Waals surface area (Å²) < 4.78 is 31.7. The molecule has 0 bridgehead atoms. The molecule has 0 saturated carbocycles. The maximum Gasteiger partial charge on any atom is 0.165 e. The predicted octanol–water partition coefficient (Wildman–Crippen LogP) is 3.26. The fourth-order valence-corrected chi connectivity index (χ4v) is 1.61. The molecule has 0 heterocycles. The maximum absolute atomic E-state index is 13.4. The number of nitrogens with two attached hydrogens (primary N) is 1. The molecule has 4 heteroatoms. The minimum Gasteiger partial charge on any atom is -0.454 e. The highest BCUT2D eigenvalue weighted by atomic mass is 19.1. The van der Waals surface area contributed by atoms with Crippen molar-refractivity contribution in [1.82, 2.24) is 0 Å². The number of hydrogen-bond acceptors (Lipinski definition) is 2. The highest BCUT2D eigenvalue weighted by Crippen LogP contribution is 2.25. The summed E-state index contributed by atoms with van der Waals surface area (Å²) in [5, 5.41) is 0. The van der Waals surface area contributed by atoms with E-state index in [1.807, 2.05) is 6.07 Å². The zero-order valence-corrected chi connectivity index (χ0v) is 9.70. The molecule has 0 unspecified atom stereocenters. The van der Waals surface area contributed by atoms with Crippen LogP contribution in [-0.4, -0.2) is 6.54 Å². The molecule has 2 nitrogen and oxygen atoms in total. The predicted molar refractivity (Wildman–Crippen MR) is 65.6 cm³/mol. The summed E-state index contributed by atoms with van der Waals surface area (Å²) >= 11 is 0. The van der Waals surface area contributed by atoms with Crippen LogP contribution in [0.5, 0.6) is 11.5 Å². The number of hydrogen-bond donors (Lipinski definition) is 1. The van der Waals surface area contributed by atoms with Gasteiger partial charge in [0.15, 0.2) is 11.6 Å². The number of rotatable bonds is 4. The molecule has 0 aliphatic heterocycles. The standard InChI is InChI=1S/C14H13F2NO/c15-11-4-5-13(16)14(9-11)18-12-3-1-2-10(8-12)6-7-17/h1-5,8-9H,6-7,17H2. The molecule has 2 aromatic carbocycles. The van der Waals surface area contributed by atoms with E-state index in [1.165, 1.54) is 0 Å². The minimum atomic E-state index is -0.597. The maximum atomic E-state index is 13.4. The van der Waals surface area contributed by atoms with E-state index in [1.54, 1.807) is 18.2 Å². The van der Waals surface area contributed by atoms with Gasteiger partial charge in [-0.1, -0.05) is 12.1 Å². The second kappa shape index (κ2) is 5.60. The van der Waals surface area contributed by atoms with E-state index in [2.05, 4.69) is 0 Å². The van der Waals surface area contributed by atoms with E-state index in [0.29, 0.717) is 18.7 Å². The molecule has 18 heavy (non-hydrogen) atoms. The summed E-state index contributed by atoms with van der Waals surface area (Å²) in [4.78, 5) is 0. The van der Waals surface area contributed by atoms with Gasteiger partial charge in [0.25, 0.3) is 0 Å². The third kappa shape index (κ3) is 3.05. The van der Waals surface area contributed by atoms with Gasteiger partial charge in [-0.25, -0.2) is 8.78 Å². The van der Waals surface area contributed by atoms with Crippen LogP contribution < -0.4 is 10.5 Å². The summed E-state index contributed by atoms with van der Waals surface area (Å²) in [6, 6.07) is 10.2. The first-order valence-corrected chi connectivity index (χ1v) is 5.61. The minimum absolute atomic E-state index is 0.125. The molecule has 0 atom stereocenters. The van der Waals surface area contributed by atoms with Gasteiger partial charge in [-0.15, -0.1) is 0 Å². The molecule has 2 aromatic rings. The Bertz CT molecular complexity index is 543. The number of ether oxygens (including phenoxy) is 1. The van der Waals surface area contributed by atoms with E-state index in [-0.39, 0.29) is 5.75 Å². The third-order valence-corrected chi connectivity index (χ3v) is 2.45. The molecule has 94 valence electrons. The summed E-state index contributed by atoms with van der Waals surface area (Å²) in [5.74, 6) is -0.796. The van der Waals surface area contributed by atoms with Crippen LogP contribution in [0.4, 0.5) is 8.78 Å². The van der Waals surface area contributed by atoms with Crippen molar-refractivity contribution >= 4 is 0 Å². The molecule has 0 radical (unpaired) electrons. The summed E-state index contributed by atoms with van der Waals surface area (Å²) in [6.45, 7) is 0.526. The van der Waals surface area contributed by atoms with Gasteiger partial charge < -0.3 is 10.5 Å². The lowest BCUT2D eigenvalue weighted by atomic mass is 10.1. The SMILES string of the molecule is NCCc1cccc(Oc2cc(F)ccc2F)c1. The first-order valence-electron chi connectivity index (χ1n) is 5.61. The van der Waals surface area contributed by atoms with Gasteiger partial charge in [0, 0.05) is 6.07 Å². The van der Waals surface area contributed by atoms with Crippen molar-refractivity contribution in [3.8, 4) is 11.5 Å². The van der Waals surface area contributed by atoms with Gasteiger partial charge in [0.1, 0.15) is 11.6 Å². The van der Waals surface area contributed by atoms with Crippen LogP contribution in [0.25, 0.3) is 0 Å². The fraction of sp³-hybridized carbons (Fsp3) is 0.143. The highest BCUT2D eigenvalue weighted by molar-refractivity contribution is 5.35. The van der Waals surface area contributed by atoms with Gasteiger partial charge >= 0.3 is 0 Å². The average molecular weight is 249 g/mol. The van der Waals surface area contributed by atoms with Crippen molar-refractivity contribution in [2.75, 3.05) is 6.54 Å². The molecular formula is C14H13F2NO. The van der Waals surface area contributed by atoms with Gasteiger partial charge in [-0.05, 0) is 42.8 Å². The van der Waals surface area contributed by atoms with Crippen molar-refractivity contribution in [3.05, 3.63) is 59.7 Å². The van der Waals surface area contributed by atoms with Gasteiger partial charge in [-0.3, -0.25) is 0 Å². The molecule has 0 aromatic heterocycles. The van der Waals surface area contributed by atoms with Crippen LogP contribution in [0.1, 0.15) is 5.56 Å². The first kappa shape index (κ1) is 12.5. The molecular weight excluding hydrogens is 236 g/mol. The highest BCUT2D eigenvalue weighted by Gasteiger charge is 2.06. The van der Waals surface area contributed by atoms with Crippen LogP contribution in [0.2, 0.25) is 0 Å². The lowest BCUT2D eigenvalue weighted by Crippen LogP contribution is -2.02. The van der Waals surface area contributed by atoms with Crippen LogP contribution in [0, 0.1) is 11.6 Å². The normalized spacial score (nSPS) is 10.4. The Balaban J connectivity index is 2.22. The Labute approximate surface area is 104 Å². The Morgan fingerprint density at radius 2 is 1.89 bits per heavy atom. The molecule has 2 N–H and O–H groups in total. The number of benzene rings is 2. The molecule has 0 spiro atoms. The smallest absolute Gasteiger partial charge is 0.165 e. The third-order valence-electron chi connectivity index (χ3n) is 2.45. The van der Waals surface area contributed by atoms with Crippen LogP contribution in [0.15, 0.2) is 42.5 Å². The first-order chi connectivity index (χ1) is 8.69. The Kier molecular flexibility index (Phi) is 3.89. The van der Waals surface area contributed by atoms with Gasteiger partial charge in [-0.2, -0.15) is 0 Å². The lowest BCUT2D eigenvalue weighted by Gasteiger charge is -2.08. The van der Waals surface area contributed by atoms with Crippen LogP contribution in [0.3, 0.4) is 0 Å². The van der Waals surface area contributed by atoms with Gasteiger partial charge in [0.2, 0.25) is 0 Å². The second-order valence-electron chi connectivity index (χ2n) is 3.86. The largest absolute Gasteiger partial charge is 0.454 e. The van der Waals surface area contributed by atoms with E-state index < -0.39 is 11.6 Å².